The van der Waals surface area contributed by atoms with E-state index in [4.69, 9.17) is 0 Å². The molecule has 23 heavy (non-hydrogen) atoms. The number of fused-ring (bicyclic) bond motifs is 5. The second-order valence-corrected chi connectivity index (χ2v) is 9.16. The average Bonchev–Trinajstić information content (AvgIpc) is 2.84. The Balaban J connectivity index is 1.73. The van der Waals surface area contributed by atoms with E-state index in [0.717, 1.165) is 44.9 Å². The van der Waals surface area contributed by atoms with Crippen LogP contribution in [0.3, 0.4) is 0 Å². The second kappa shape index (κ2) is 4.68. The standard InChI is InChI=1S/C20H27NO2/c1-18-8-7-16-14(15(18)3-4-17(18)23)6-10-20(12-21)11-13(22)5-9-19(16,20)2/h14-16H,3-11H2,1-2H3. The summed E-state index contributed by atoms with van der Waals surface area (Å²) < 4.78 is 0. The van der Waals surface area contributed by atoms with Crippen molar-refractivity contribution in [3.8, 4) is 6.07 Å². The molecule has 4 rings (SSSR count). The lowest BCUT2D eigenvalue weighted by molar-refractivity contribution is -0.154. The van der Waals surface area contributed by atoms with Crippen molar-refractivity contribution in [3.63, 3.8) is 0 Å². The lowest BCUT2D eigenvalue weighted by Crippen LogP contribution is -2.58. The fourth-order valence-electron chi connectivity index (χ4n) is 7.07. The van der Waals surface area contributed by atoms with Crippen LogP contribution in [0.4, 0.5) is 0 Å². The van der Waals surface area contributed by atoms with Gasteiger partial charge in [0.25, 0.3) is 0 Å². The molecule has 0 saturated heterocycles. The molecule has 3 heteroatoms. The van der Waals surface area contributed by atoms with Gasteiger partial charge in [-0.1, -0.05) is 13.8 Å². The van der Waals surface area contributed by atoms with Crippen LogP contribution in [-0.2, 0) is 9.59 Å². The van der Waals surface area contributed by atoms with Gasteiger partial charge in [-0.15, -0.1) is 0 Å². The van der Waals surface area contributed by atoms with Crippen molar-refractivity contribution in [1.29, 1.82) is 5.26 Å². The maximum absolute atomic E-state index is 12.4. The Bertz CT molecular complexity index is 620. The summed E-state index contributed by atoms with van der Waals surface area (Å²) in [7, 11) is 0. The van der Waals surface area contributed by atoms with Crippen molar-refractivity contribution in [1.82, 2.24) is 0 Å². The SMILES string of the molecule is CC12CCC3C(CCC4(C#N)CC(=O)CCC34C)C1CCC2=O. The summed E-state index contributed by atoms with van der Waals surface area (Å²) >= 11 is 0. The first-order valence-electron chi connectivity index (χ1n) is 9.33. The average molecular weight is 313 g/mol. The monoisotopic (exact) mass is 313 g/mol. The third-order valence-electron chi connectivity index (χ3n) is 8.60. The molecular formula is C20H27NO2. The fourth-order valence-corrected chi connectivity index (χ4v) is 7.07. The number of nitriles is 1. The van der Waals surface area contributed by atoms with E-state index < -0.39 is 5.41 Å². The minimum atomic E-state index is -0.445. The Kier molecular flexibility index (Phi) is 3.13. The zero-order chi connectivity index (χ0) is 16.5. The smallest absolute Gasteiger partial charge is 0.139 e. The van der Waals surface area contributed by atoms with Crippen molar-refractivity contribution in [2.45, 2.75) is 71.6 Å². The van der Waals surface area contributed by atoms with Crippen molar-refractivity contribution in [3.05, 3.63) is 0 Å². The van der Waals surface area contributed by atoms with Crippen LogP contribution >= 0.6 is 0 Å². The van der Waals surface area contributed by atoms with Crippen molar-refractivity contribution in [2.24, 2.45) is 34.0 Å². The first-order valence-corrected chi connectivity index (χ1v) is 9.33. The van der Waals surface area contributed by atoms with E-state index in [-0.39, 0.29) is 16.6 Å². The van der Waals surface area contributed by atoms with Gasteiger partial charge < -0.3 is 0 Å². The van der Waals surface area contributed by atoms with Crippen LogP contribution in [0.25, 0.3) is 0 Å². The summed E-state index contributed by atoms with van der Waals surface area (Å²) in [5, 5.41) is 9.97. The number of carbonyl (C=O) groups is 2. The van der Waals surface area contributed by atoms with E-state index in [0.29, 0.717) is 36.4 Å². The van der Waals surface area contributed by atoms with Crippen LogP contribution in [-0.4, -0.2) is 11.6 Å². The maximum Gasteiger partial charge on any atom is 0.139 e. The summed E-state index contributed by atoms with van der Waals surface area (Å²) in [6.07, 6.45) is 7.72. The maximum atomic E-state index is 12.4. The van der Waals surface area contributed by atoms with Crippen LogP contribution < -0.4 is 0 Å². The minimum absolute atomic E-state index is 0.0362. The normalized spacial score (nSPS) is 52.3. The number of Topliss-reactive ketones (excluding diaryl/α,β-unsaturated/α-hetero) is 2. The van der Waals surface area contributed by atoms with E-state index in [2.05, 4.69) is 19.9 Å². The van der Waals surface area contributed by atoms with Gasteiger partial charge in [0.2, 0.25) is 0 Å². The predicted molar refractivity (Wildman–Crippen MR) is 86.3 cm³/mol. The molecule has 124 valence electrons. The van der Waals surface area contributed by atoms with Crippen molar-refractivity contribution >= 4 is 11.6 Å². The van der Waals surface area contributed by atoms with Crippen molar-refractivity contribution in [2.75, 3.05) is 0 Å². The molecule has 0 aromatic heterocycles. The van der Waals surface area contributed by atoms with Crippen LogP contribution in [0.1, 0.15) is 71.6 Å². The van der Waals surface area contributed by atoms with Crippen LogP contribution in [0.15, 0.2) is 0 Å². The fraction of sp³-hybridized carbons (Fsp3) is 0.850. The predicted octanol–water partition coefficient (Wildman–Crippen LogP) is 4.06. The highest BCUT2D eigenvalue weighted by Crippen LogP contribution is 2.68. The third-order valence-corrected chi connectivity index (χ3v) is 8.60. The molecule has 0 spiro atoms. The first kappa shape index (κ1) is 15.4. The third kappa shape index (κ3) is 1.76. The molecule has 4 aliphatic carbocycles. The molecule has 4 aliphatic rings. The van der Waals surface area contributed by atoms with E-state index >= 15 is 0 Å². The van der Waals surface area contributed by atoms with Gasteiger partial charge in [0, 0.05) is 24.7 Å². The number of hydrogen-bond acceptors (Lipinski definition) is 3. The molecule has 6 unspecified atom stereocenters. The van der Waals surface area contributed by atoms with E-state index in [1.165, 1.54) is 0 Å². The Labute approximate surface area is 138 Å². The molecule has 0 N–H and O–H groups in total. The summed E-state index contributed by atoms with van der Waals surface area (Å²) in [4.78, 5) is 24.5. The Hall–Kier alpha value is -1.17. The molecule has 0 aromatic carbocycles. The summed E-state index contributed by atoms with van der Waals surface area (Å²) in [6, 6.07) is 2.61. The number of hydrogen-bond donors (Lipinski definition) is 0. The van der Waals surface area contributed by atoms with Gasteiger partial charge in [0.15, 0.2) is 0 Å². The van der Waals surface area contributed by atoms with Gasteiger partial charge in [-0.3, -0.25) is 9.59 Å². The van der Waals surface area contributed by atoms with Crippen molar-refractivity contribution < 1.29 is 9.59 Å². The van der Waals surface area contributed by atoms with Gasteiger partial charge in [-0.2, -0.15) is 5.26 Å². The molecule has 3 nitrogen and oxygen atoms in total. The Morgan fingerprint density at radius 1 is 1.00 bits per heavy atom. The number of nitrogens with zero attached hydrogens (tertiary/aromatic N) is 1. The largest absolute Gasteiger partial charge is 0.300 e. The topological polar surface area (TPSA) is 57.9 Å². The summed E-state index contributed by atoms with van der Waals surface area (Å²) in [5.74, 6) is 2.37. The lowest BCUT2D eigenvalue weighted by atomic mass is 9.40. The van der Waals surface area contributed by atoms with E-state index in [1.807, 2.05) is 0 Å². The highest BCUT2D eigenvalue weighted by molar-refractivity contribution is 5.87. The highest BCUT2D eigenvalue weighted by atomic mass is 16.1. The van der Waals surface area contributed by atoms with Crippen LogP contribution in [0.5, 0.6) is 0 Å². The summed E-state index contributed by atoms with van der Waals surface area (Å²) in [6.45, 7) is 4.49. The highest BCUT2D eigenvalue weighted by Gasteiger charge is 2.65. The zero-order valence-corrected chi connectivity index (χ0v) is 14.4. The lowest BCUT2D eigenvalue weighted by Gasteiger charge is -2.62. The Morgan fingerprint density at radius 2 is 1.78 bits per heavy atom. The molecule has 0 heterocycles. The van der Waals surface area contributed by atoms with Gasteiger partial charge in [-0.25, -0.2) is 0 Å². The zero-order valence-electron chi connectivity index (χ0n) is 14.4. The Morgan fingerprint density at radius 3 is 2.52 bits per heavy atom. The molecule has 0 bridgehead atoms. The van der Waals surface area contributed by atoms with Gasteiger partial charge >= 0.3 is 0 Å². The molecule has 0 aromatic rings. The van der Waals surface area contributed by atoms with E-state index in [9.17, 15) is 14.9 Å². The summed E-state index contributed by atoms with van der Waals surface area (Å²) in [5.41, 5.74) is -0.583. The molecule has 6 atom stereocenters. The van der Waals surface area contributed by atoms with Gasteiger partial charge in [-0.05, 0) is 61.7 Å². The minimum Gasteiger partial charge on any atom is -0.300 e. The van der Waals surface area contributed by atoms with E-state index in [1.54, 1.807) is 0 Å². The molecule has 4 saturated carbocycles. The molecular weight excluding hydrogens is 286 g/mol. The first-order chi connectivity index (χ1) is 10.9. The molecule has 4 fully saturated rings. The van der Waals surface area contributed by atoms with Crippen LogP contribution in [0.2, 0.25) is 0 Å². The van der Waals surface area contributed by atoms with Crippen LogP contribution in [0, 0.1) is 45.3 Å². The number of carbonyl (C=O) groups excluding carboxylic acids is 2. The molecule has 0 aliphatic heterocycles. The quantitative estimate of drug-likeness (QED) is 0.677. The second-order valence-electron chi connectivity index (χ2n) is 9.16. The van der Waals surface area contributed by atoms with Gasteiger partial charge in [0.05, 0.1) is 11.5 Å². The molecule has 0 amide bonds. The number of rotatable bonds is 0. The molecule has 0 radical (unpaired) electrons. The number of ketones is 2. The van der Waals surface area contributed by atoms with Gasteiger partial charge in [0.1, 0.15) is 11.6 Å².